The number of carbonyl (C=O) groups is 5. The summed E-state index contributed by atoms with van der Waals surface area (Å²) in [7, 11) is 0. The Morgan fingerprint density at radius 3 is 2.12 bits per heavy atom. The summed E-state index contributed by atoms with van der Waals surface area (Å²) in [4.78, 5) is 56.5. The lowest BCUT2D eigenvalue weighted by Crippen LogP contribution is -2.54. The van der Waals surface area contributed by atoms with E-state index in [-0.39, 0.29) is 18.8 Å². The Labute approximate surface area is 139 Å². The Bertz CT molecular complexity index is 494. The first-order valence-corrected chi connectivity index (χ1v) is 7.40. The number of aliphatic carboxylic acids is 1. The molecule has 136 valence electrons. The third-order valence-corrected chi connectivity index (χ3v) is 3.22. The normalized spacial score (nSPS) is 14.3. The smallest absolute Gasteiger partial charge is 0.305 e. The van der Waals surface area contributed by atoms with E-state index in [1.165, 1.54) is 0 Å². The maximum absolute atomic E-state index is 12.1. The number of primary amides is 1. The van der Waals surface area contributed by atoms with Crippen molar-refractivity contribution in [1.82, 2.24) is 10.6 Å². The zero-order chi connectivity index (χ0) is 18.9. The first kappa shape index (κ1) is 21.5. The number of rotatable bonds is 11. The van der Waals surface area contributed by atoms with Gasteiger partial charge in [-0.15, -0.1) is 0 Å². The van der Waals surface area contributed by atoms with Gasteiger partial charge in [-0.1, -0.05) is 13.8 Å². The van der Waals surface area contributed by atoms with Crippen LogP contribution in [-0.2, 0) is 24.0 Å². The van der Waals surface area contributed by atoms with Crippen molar-refractivity contribution in [3.05, 3.63) is 0 Å². The minimum absolute atomic E-state index is 0.0362. The first-order chi connectivity index (χ1) is 11.1. The molecule has 0 aromatic carbocycles. The van der Waals surface area contributed by atoms with Gasteiger partial charge < -0.3 is 32.0 Å². The molecule has 0 saturated heterocycles. The van der Waals surface area contributed by atoms with Gasteiger partial charge in [0.2, 0.25) is 17.7 Å². The summed E-state index contributed by atoms with van der Waals surface area (Å²) in [5.74, 6) is -3.74. The Kier molecular flexibility index (Phi) is 9.25. The SMILES string of the molecule is CC(C)[C@@H](C=O)NC(=O)[C@H](CC(=O)O)NC(=O)[C@@H](N)CCC(N)=O. The van der Waals surface area contributed by atoms with Gasteiger partial charge in [-0.25, -0.2) is 0 Å². The maximum atomic E-state index is 12.1. The van der Waals surface area contributed by atoms with E-state index in [0.29, 0.717) is 6.29 Å². The molecule has 0 aromatic rings. The monoisotopic (exact) mass is 344 g/mol. The van der Waals surface area contributed by atoms with Gasteiger partial charge in [0.05, 0.1) is 18.5 Å². The molecule has 0 aliphatic carbocycles. The fraction of sp³-hybridized carbons (Fsp3) is 0.643. The molecule has 0 spiro atoms. The van der Waals surface area contributed by atoms with Crippen LogP contribution in [0.25, 0.3) is 0 Å². The van der Waals surface area contributed by atoms with Crippen molar-refractivity contribution >= 4 is 30.0 Å². The van der Waals surface area contributed by atoms with Crippen molar-refractivity contribution in [2.75, 3.05) is 0 Å². The van der Waals surface area contributed by atoms with Crippen LogP contribution in [0, 0.1) is 5.92 Å². The predicted octanol–water partition coefficient (Wildman–Crippen LogP) is -2.12. The lowest BCUT2D eigenvalue weighted by molar-refractivity contribution is -0.141. The molecule has 7 N–H and O–H groups in total. The number of hydrogen-bond donors (Lipinski definition) is 5. The molecule has 0 aliphatic rings. The summed E-state index contributed by atoms with van der Waals surface area (Å²) < 4.78 is 0. The molecule has 0 heterocycles. The Morgan fingerprint density at radius 1 is 1.12 bits per heavy atom. The second-order valence-electron chi connectivity index (χ2n) is 5.68. The summed E-state index contributed by atoms with van der Waals surface area (Å²) >= 11 is 0. The second kappa shape index (κ2) is 10.3. The van der Waals surface area contributed by atoms with Crippen molar-refractivity contribution < 1.29 is 29.1 Å². The topological polar surface area (TPSA) is 182 Å². The summed E-state index contributed by atoms with van der Waals surface area (Å²) in [6.45, 7) is 3.40. The minimum atomic E-state index is -1.39. The fourth-order valence-corrected chi connectivity index (χ4v) is 1.71. The average molecular weight is 344 g/mol. The molecule has 0 bridgehead atoms. The molecule has 0 unspecified atom stereocenters. The highest BCUT2D eigenvalue weighted by Gasteiger charge is 2.28. The quantitative estimate of drug-likeness (QED) is 0.265. The van der Waals surface area contributed by atoms with E-state index in [1.54, 1.807) is 13.8 Å². The standard InChI is InChI=1S/C14H24N4O6/c1-7(2)10(6-19)18-14(24)9(5-12(21)22)17-13(23)8(15)3-4-11(16)20/h6-10H,3-5,15H2,1-2H3,(H2,16,20)(H,17,23)(H,18,24)(H,21,22)/t8-,9-,10+/m0/s1. The molecule has 24 heavy (non-hydrogen) atoms. The maximum Gasteiger partial charge on any atom is 0.305 e. The number of amides is 3. The van der Waals surface area contributed by atoms with E-state index in [9.17, 15) is 24.0 Å². The van der Waals surface area contributed by atoms with Crippen LogP contribution in [0.1, 0.15) is 33.1 Å². The molecular weight excluding hydrogens is 320 g/mol. The Morgan fingerprint density at radius 2 is 1.71 bits per heavy atom. The lowest BCUT2D eigenvalue weighted by Gasteiger charge is -2.22. The van der Waals surface area contributed by atoms with Crippen LogP contribution in [0.4, 0.5) is 0 Å². The van der Waals surface area contributed by atoms with E-state index in [4.69, 9.17) is 16.6 Å². The molecule has 0 aliphatic heterocycles. The number of nitrogens with one attached hydrogen (secondary N) is 2. The van der Waals surface area contributed by atoms with Gasteiger partial charge in [0.25, 0.3) is 0 Å². The van der Waals surface area contributed by atoms with Crippen LogP contribution in [0.3, 0.4) is 0 Å². The molecule has 0 aromatic heterocycles. The number of hydrogen-bond acceptors (Lipinski definition) is 6. The van der Waals surface area contributed by atoms with Gasteiger partial charge in [0, 0.05) is 6.42 Å². The van der Waals surface area contributed by atoms with Crippen molar-refractivity contribution in [3.8, 4) is 0 Å². The van der Waals surface area contributed by atoms with Gasteiger partial charge >= 0.3 is 5.97 Å². The van der Waals surface area contributed by atoms with Crippen LogP contribution in [0.15, 0.2) is 0 Å². The van der Waals surface area contributed by atoms with E-state index in [2.05, 4.69) is 10.6 Å². The van der Waals surface area contributed by atoms with E-state index < -0.39 is 48.2 Å². The molecule has 0 rings (SSSR count). The van der Waals surface area contributed by atoms with Crippen LogP contribution < -0.4 is 22.1 Å². The van der Waals surface area contributed by atoms with E-state index in [1.807, 2.05) is 0 Å². The highest BCUT2D eigenvalue weighted by atomic mass is 16.4. The summed E-state index contributed by atoms with van der Waals surface area (Å²) in [6.07, 6.45) is -0.304. The molecule has 0 fully saturated rings. The highest BCUT2D eigenvalue weighted by Crippen LogP contribution is 2.02. The number of nitrogens with two attached hydrogens (primary N) is 2. The third kappa shape index (κ3) is 8.22. The van der Waals surface area contributed by atoms with Crippen molar-refractivity contribution in [2.45, 2.75) is 51.2 Å². The molecule has 10 nitrogen and oxygen atoms in total. The number of carboxylic acids is 1. The van der Waals surface area contributed by atoms with E-state index >= 15 is 0 Å². The highest BCUT2D eigenvalue weighted by molar-refractivity contribution is 5.93. The zero-order valence-corrected chi connectivity index (χ0v) is 13.7. The van der Waals surface area contributed by atoms with Gasteiger partial charge in [-0.2, -0.15) is 0 Å². The summed E-state index contributed by atoms with van der Waals surface area (Å²) in [5.41, 5.74) is 10.5. The number of carbonyl (C=O) groups excluding carboxylic acids is 4. The Balaban J connectivity index is 4.90. The van der Waals surface area contributed by atoms with E-state index in [0.717, 1.165) is 0 Å². The molecule has 3 atom stereocenters. The number of carboxylic acid groups (broad SMARTS) is 1. The van der Waals surface area contributed by atoms with Gasteiger partial charge in [-0.3, -0.25) is 19.2 Å². The van der Waals surface area contributed by atoms with Crippen LogP contribution in [0.2, 0.25) is 0 Å². The van der Waals surface area contributed by atoms with Gasteiger partial charge in [0.15, 0.2) is 0 Å². The van der Waals surface area contributed by atoms with Crippen LogP contribution in [0.5, 0.6) is 0 Å². The summed E-state index contributed by atoms with van der Waals surface area (Å²) in [5, 5.41) is 13.4. The minimum Gasteiger partial charge on any atom is -0.481 e. The molecule has 0 radical (unpaired) electrons. The van der Waals surface area contributed by atoms with Crippen LogP contribution >= 0.6 is 0 Å². The predicted molar refractivity (Wildman–Crippen MR) is 83.4 cm³/mol. The molecule has 3 amide bonds. The Hall–Kier alpha value is -2.49. The average Bonchev–Trinajstić information content (AvgIpc) is 2.48. The number of aldehydes is 1. The molecule has 10 heteroatoms. The van der Waals surface area contributed by atoms with Crippen molar-refractivity contribution in [2.24, 2.45) is 17.4 Å². The second-order valence-corrected chi connectivity index (χ2v) is 5.68. The molecular formula is C14H24N4O6. The third-order valence-electron chi connectivity index (χ3n) is 3.22. The van der Waals surface area contributed by atoms with Crippen molar-refractivity contribution in [1.29, 1.82) is 0 Å². The first-order valence-electron chi connectivity index (χ1n) is 7.40. The zero-order valence-electron chi connectivity index (χ0n) is 13.7. The van der Waals surface area contributed by atoms with Gasteiger partial charge in [-0.05, 0) is 12.3 Å². The van der Waals surface area contributed by atoms with Crippen LogP contribution in [-0.4, -0.2) is 53.2 Å². The van der Waals surface area contributed by atoms with Gasteiger partial charge in [0.1, 0.15) is 12.3 Å². The van der Waals surface area contributed by atoms with Crippen molar-refractivity contribution in [3.63, 3.8) is 0 Å². The fourth-order valence-electron chi connectivity index (χ4n) is 1.71. The molecule has 0 saturated carbocycles. The summed E-state index contributed by atoms with van der Waals surface area (Å²) in [6, 6.07) is -3.32. The largest absolute Gasteiger partial charge is 0.481 e. The lowest BCUT2D eigenvalue weighted by atomic mass is 10.0.